The predicted molar refractivity (Wildman–Crippen MR) is 76.8 cm³/mol. The van der Waals surface area contributed by atoms with Crippen LogP contribution in [0.5, 0.6) is 0 Å². The molecular weight excluding hydrogens is 328 g/mol. The first-order chi connectivity index (χ1) is 11.3. The molecule has 0 saturated heterocycles. The van der Waals surface area contributed by atoms with Crippen molar-refractivity contribution in [3.63, 3.8) is 0 Å². The molecule has 2 aromatic rings. The number of carbonyl (C=O) groups excluding carboxylic acids is 1. The maximum absolute atomic E-state index is 11.9. The summed E-state index contributed by atoms with van der Waals surface area (Å²) in [6.07, 6.45) is -5.54. The number of aliphatic hydroxyl groups excluding tert-OH is 4. The van der Waals surface area contributed by atoms with E-state index in [1.807, 2.05) is 0 Å². The van der Waals surface area contributed by atoms with E-state index in [9.17, 15) is 30.2 Å². The van der Waals surface area contributed by atoms with Gasteiger partial charge in [0.2, 0.25) is 11.4 Å². The Hall–Kier alpha value is -2.67. The van der Waals surface area contributed by atoms with Crippen molar-refractivity contribution in [1.82, 2.24) is 10.3 Å². The van der Waals surface area contributed by atoms with Gasteiger partial charge in [0, 0.05) is 6.07 Å². The number of nitrogens with one attached hydrogen (secondary N) is 1. The summed E-state index contributed by atoms with van der Waals surface area (Å²) in [6, 6.07) is 2.32. The van der Waals surface area contributed by atoms with Crippen LogP contribution < -0.4 is 5.32 Å². The number of nitro benzene ring substituents is 1. The number of aromatic nitrogens is 2. The van der Waals surface area contributed by atoms with Gasteiger partial charge >= 0.3 is 5.69 Å². The van der Waals surface area contributed by atoms with Crippen LogP contribution in [0.2, 0.25) is 0 Å². The number of hydrogen-bond acceptors (Lipinski definition) is 10. The number of non-ortho nitro benzene ring substituents is 1. The van der Waals surface area contributed by atoms with Gasteiger partial charge in [-0.2, -0.15) is 0 Å². The lowest BCUT2D eigenvalue weighted by Crippen LogP contribution is -2.41. The quantitative estimate of drug-likeness (QED) is 0.293. The summed E-state index contributed by atoms with van der Waals surface area (Å²) in [5, 5.41) is 57.1. The van der Waals surface area contributed by atoms with Gasteiger partial charge in [-0.1, -0.05) is 0 Å². The van der Waals surface area contributed by atoms with Crippen LogP contribution in [0.4, 0.5) is 11.4 Å². The van der Waals surface area contributed by atoms with Crippen LogP contribution in [0.3, 0.4) is 0 Å². The molecule has 24 heavy (non-hydrogen) atoms. The molecule has 12 heteroatoms. The third kappa shape index (κ3) is 3.62. The number of fused-ring (bicyclic) bond motifs is 1. The molecule has 0 aliphatic carbocycles. The molecule has 12 nitrogen and oxygen atoms in total. The Morgan fingerprint density at radius 1 is 1.25 bits per heavy atom. The molecule has 0 saturated carbocycles. The number of anilines is 1. The second kappa shape index (κ2) is 7.27. The van der Waals surface area contributed by atoms with Crippen LogP contribution in [-0.2, 0) is 4.79 Å². The van der Waals surface area contributed by atoms with Crippen molar-refractivity contribution in [1.29, 1.82) is 0 Å². The number of hydrogen-bond donors (Lipinski definition) is 5. The van der Waals surface area contributed by atoms with Gasteiger partial charge in [-0.15, -0.1) is 0 Å². The SMILES string of the molecule is O=C(C[C@@H](O)[C@H](O)[C@H](O)CO)Nc1ccc([N+](=O)[O-])c2nonc12. The van der Waals surface area contributed by atoms with Crippen molar-refractivity contribution in [2.75, 3.05) is 11.9 Å². The highest BCUT2D eigenvalue weighted by Gasteiger charge is 2.27. The van der Waals surface area contributed by atoms with E-state index in [1.165, 1.54) is 6.07 Å². The van der Waals surface area contributed by atoms with Crippen molar-refractivity contribution >= 4 is 28.3 Å². The molecule has 130 valence electrons. The van der Waals surface area contributed by atoms with Crippen molar-refractivity contribution < 1.29 is 34.8 Å². The zero-order valence-corrected chi connectivity index (χ0v) is 12.1. The van der Waals surface area contributed by atoms with E-state index < -0.39 is 42.2 Å². The number of nitrogens with zero attached hydrogens (tertiary/aromatic N) is 3. The maximum atomic E-state index is 11.9. The maximum Gasteiger partial charge on any atom is 0.300 e. The van der Waals surface area contributed by atoms with Gasteiger partial charge in [0.1, 0.15) is 12.2 Å². The highest BCUT2D eigenvalue weighted by molar-refractivity contribution is 6.01. The van der Waals surface area contributed by atoms with Crippen molar-refractivity contribution in [3.8, 4) is 0 Å². The number of aliphatic hydroxyl groups is 4. The van der Waals surface area contributed by atoms with Gasteiger partial charge in [-0.25, -0.2) is 4.63 Å². The summed E-state index contributed by atoms with van der Waals surface area (Å²) in [5.41, 5.74) is -0.505. The molecule has 1 amide bonds. The molecular formula is C12H14N4O8. The third-order valence-corrected chi connectivity index (χ3v) is 3.23. The smallest absolute Gasteiger partial charge is 0.300 e. The second-order valence-electron chi connectivity index (χ2n) is 4.91. The van der Waals surface area contributed by atoms with E-state index >= 15 is 0 Å². The topological polar surface area (TPSA) is 192 Å². The summed E-state index contributed by atoms with van der Waals surface area (Å²) in [4.78, 5) is 22.1. The first-order valence-electron chi connectivity index (χ1n) is 6.69. The molecule has 1 aromatic carbocycles. The third-order valence-electron chi connectivity index (χ3n) is 3.23. The Bertz CT molecular complexity index is 748. The van der Waals surface area contributed by atoms with E-state index in [0.29, 0.717) is 0 Å². The fourth-order valence-corrected chi connectivity index (χ4v) is 1.98. The number of amides is 1. The second-order valence-corrected chi connectivity index (χ2v) is 4.91. The fourth-order valence-electron chi connectivity index (χ4n) is 1.98. The largest absolute Gasteiger partial charge is 0.394 e. The molecule has 0 aliphatic heterocycles. The molecule has 3 atom stereocenters. The molecule has 5 N–H and O–H groups in total. The zero-order chi connectivity index (χ0) is 17.9. The molecule has 0 bridgehead atoms. The normalized spacial score (nSPS) is 15.0. The van der Waals surface area contributed by atoms with Crippen LogP contribution in [0, 0.1) is 10.1 Å². The average Bonchev–Trinajstić information content (AvgIpc) is 3.03. The number of benzene rings is 1. The highest BCUT2D eigenvalue weighted by Crippen LogP contribution is 2.28. The van der Waals surface area contributed by atoms with Crippen LogP contribution in [0.15, 0.2) is 16.8 Å². The van der Waals surface area contributed by atoms with Gasteiger partial charge in [0.05, 0.1) is 29.7 Å². The Morgan fingerprint density at radius 2 is 1.92 bits per heavy atom. The molecule has 0 fully saturated rings. The minimum absolute atomic E-state index is 0.0528. The lowest BCUT2D eigenvalue weighted by atomic mass is 10.1. The van der Waals surface area contributed by atoms with Crippen LogP contribution in [0.1, 0.15) is 6.42 Å². The summed E-state index contributed by atoms with van der Waals surface area (Å²) in [7, 11) is 0. The monoisotopic (exact) mass is 342 g/mol. The van der Waals surface area contributed by atoms with Crippen molar-refractivity contribution in [3.05, 3.63) is 22.2 Å². The van der Waals surface area contributed by atoms with Crippen LogP contribution in [-0.4, -0.2) is 66.5 Å². The van der Waals surface area contributed by atoms with Gasteiger partial charge < -0.3 is 25.7 Å². The highest BCUT2D eigenvalue weighted by atomic mass is 16.6. The molecule has 2 rings (SSSR count). The molecule has 0 radical (unpaired) electrons. The lowest BCUT2D eigenvalue weighted by Gasteiger charge is -2.21. The van der Waals surface area contributed by atoms with Crippen molar-refractivity contribution in [2.24, 2.45) is 0 Å². The standard InChI is InChI=1S/C12H14N4O8/c17-4-8(19)12(21)7(18)3-9(20)13-5-1-2-6(16(22)23)11-10(5)14-24-15-11/h1-2,7-8,12,17-19,21H,3-4H2,(H,13,20)/t7-,8-,12+/m1/s1. The van der Waals surface area contributed by atoms with Crippen LogP contribution in [0.25, 0.3) is 11.0 Å². The van der Waals surface area contributed by atoms with Gasteiger partial charge in [-0.3, -0.25) is 14.9 Å². The van der Waals surface area contributed by atoms with E-state index in [0.717, 1.165) is 6.07 Å². The molecule has 1 aromatic heterocycles. The molecule has 0 aliphatic rings. The minimum atomic E-state index is -1.72. The summed E-state index contributed by atoms with van der Waals surface area (Å²) in [5.74, 6) is -0.759. The fraction of sp³-hybridized carbons (Fsp3) is 0.417. The predicted octanol–water partition coefficient (Wildman–Crippen LogP) is -1.47. The number of carbonyl (C=O) groups is 1. The lowest BCUT2D eigenvalue weighted by molar-refractivity contribution is -0.383. The van der Waals surface area contributed by atoms with Crippen LogP contribution >= 0.6 is 0 Å². The first kappa shape index (κ1) is 17.7. The Morgan fingerprint density at radius 3 is 2.54 bits per heavy atom. The number of rotatable bonds is 7. The minimum Gasteiger partial charge on any atom is -0.394 e. The Balaban J connectivity index is 2.13. The Kier molecular flexibility index (Phi) is 5.35. The molecule has 1 heterocycles. The van der Waals surface area contributed by atoms with E-state index in [4.69, 9.17) is 5.11 Å². The van der Waals surface area contributed by atoms with Gasteiger partial charge in [0.15, 0.2) is 5.52 Å². The van der Waals surface area contributed by atoms with Gasteiger partial charge in [0.25, 0.3) is 0 Å². The van der Waals surface area contributed by atoms with E-state index in [-0.39, 0.29) is 22.4 Å². The summed E-state index contributed by atoms with van der Waals surface area (Å²) < 4.78 is 4.44. The van der Waals surface area contributed by atoms with E-state index in [2.05, 4.69) is 20.3 Å². The average molecular weight is 342 g/mol. The summed E-state index contributed by atoms with van der Waals surface area (Å²) in [6.45, 7) is -0.784. The summed E-state index contributed by atoms with van der Waals surface area (Å²) >= 11 is 0. The number of nitro groups is 1. The first-order valence-corrected chi connectivity index (χ1v) is 6.69. The van der Waals surface area contributed by atoms with E-state index in [1.54, 1.807) is 0 Å². The Labute approximate surface area is 133 Å². The zero-order valence-electron chi connectivity index (χ0n) is 12.1. The molecule has 0 unspecified atom stereocenters. The molecule has 0 spiro atoms. The van der Waals surface area contributed by atoms with Crippen molar-refractivity contribution in [2.45, 2.75) is 24.7 Å². The van der Waals surface area contributed by atoms with Gasteiger partial charge in [-0.05, 0) is 16.4 Å².